The second kappa shape index (κ2) is 7.60. The smallest absolute Gasteiger partial charge is 0.345 e. The summed E-state index contributed by atoms with van der Waals surface area (Å²) in [5, 5.41) is 14.3. The predicted molar refractivity (Wildman–Crippen MR) is 107 cm³/mol. The normalized spacial score (nSPS) is 11.9. The van der Waals surface area contributed by atoms with Crippen LogP contribution in [0, 0.1) is 6.92 Å². The van der Waals surface area contributed by atoms with E-state index >= 15 is 0 Å². The number of benzene rings is 1. The fraction of sp³-hybridized carbons (Fsp3) is 0.211. The van der Waals surface area contributed by atoms with Crippen molar-refractivity contribution >= 4 is 39.5 Å². The van der Waals surface area contributed by atoms with Crippen LogP contribution in [-0.2, 0) is 13.1 Å². The first-order valence-electron chi connectivity index (χ1n) is 8.62. The molecule has 4 rings (SSSR count). The van der Waals surface area contributed by atoms with Crippen LogP contribution in [0.4, 0.5) is 13.2 Å². The zero-order valence-corrected chi connectivity index (χ0v) is 16.8. The number of aryl methyl sites for hydroxylation is 1. The molecular formula is C19H15F3N4OS2. The lowest BCUT2D eigenvalue weighted by Crippen LogP contribution is -2.21. The molecule has 0 saturated carbocycles. The van der Waals surface area contributed by atoms with Gasteiger partial charge in [0.2, 0.25) is 0 Å². The monoisotopic (exact) mass is 436 g/mol. The van der Waals surface area contributed by atoms with Gasteiger partial charge in [-0.15, -0.1) is 21.5 Å². The van der Waals surface area contributed by atoms with Crippen LogP contribution >= 0.6 is 22.7 Å². The van der Waals surface area contributed by atoms with Gasteiger partial charge in [0, 0.05) is 10.9 Å². The third kappa shape index (κ3) is 4.18. The Morgan fingerprint density at radius 2 is 2.03 bits per heavy atom. The highest BCUT2D eigenvalue weighted by atomic mass is 32.1. The number of alkyl halides is 3. The van der Waals surface area contributed by atoms with Crippen molar-refractivity contribution < 1.29 is 18.0 Å². The number of fused-ring (bicyclic) bond motifs is 1. The summed E-state index contributed by atoms with van der Waals surface area (Å²) in [6.07, 6.45) is -4.37. The molecule has 0 radical (unpaired) electrons. The molecule has 29 heavy (non-hydrogen) atoms. The number of aromatic nitrogens is 3. The number of nitrogens with one attached hydrogen (secondary N) is 1. The maximum Gasteiger partial charge on any atom is 0.406 e. The van der Waals surface area contributed by atoms with E-state index in [1.165, 1.54) is 15.9 Å². The number of hydrogen-bond acceptors (Lipinski definition) is 5. The predicted octanol–water partition coefficient (Wildman–Crippen LogP) is 5.02. The number of carbonyl (C=O) groups is 1. The minimum Gasteiger partial charge on any atom is -0.345 e. The number of hydrogen-bond donors (Lipinski definition) is 1. The average Bonchev–Trinajstić information content (AvgIpc) is 3.39. The van der Waals surface area contributed by atoms with Gasteiger partial charge in [0.05, 0.1) is 17.1 Å². The third-order valence-electron chi connectivity index (χ3n) is 4.33. The van der Waals surface area contributed by atoms with E-state index in [-0.39, 0.29) is 12.5 Å². The zero-order chi connectivity index (χ0) is 20.6. The molecule has 1 N–H and O–H groups in total. The molecule has 150 valence electrons. The van der Waals surface area contributed by atoms with E-state index in [0.717, 1.165) is 22.3 Å². The number of halogens is 3. The highest BCUT2D eigenvalue weighted by Crippen LogP contribution is 2.34. The SMILES string of the molecule is Cc1cccc2c1cc(-c1nnc(CNC(=O)c3cccs3)s1)n2CC(F)(F)F. The first-order valence-corrected chi connectivity index (χ1v) is 10.3. The van der Waals surface area contributed by atoms with Gasteiger partial charge in [0.25, 0.3) is 5.91 Å². The van der Waals surface area contributed by atoms with Gasteiger partial charge in [-0.1, -0.05) is 29.5 Å². The molecule has 10 heteroatoms. The minimum atomic E-state index is -4.37. The van der Waals surface area contributed by atoms with Gasteiger partial charge in [-0.05, 0) is 36.1 Å². The van der Waals surface area contributed by atoms with Gasteiger partial charge < -0.3 is 9.88 Å². The van der Waals surface area contributed by atoms with Crippen molar-refractivity contribution in [1.82, 2.24) is 20.1 Å². The number of carbonyl (C=O) groups excluding carboxylic acids is 1. The second-order valence-electron chi connectivity index (χ2n) is 6.40. The Kier molecular flexibility index (Phi) is 5.13. The molecule has 0 aliphatic carbocycles. The summed E-state index contributed by atoms with van der Waals surface area (Å²) in [5.74, 6) is -0.224. The van der Waals surface area contributed by atoms with Crippen LogP contribution in [-0.4, -0.2) is 26.8 Å². The van der Waals surface area contributed by atoms with Gasteiger partial charge in [-0.3, -0.25) is 4.79 Å². The molecule has 3 heterocycles. The quantitative estimate of drug-likeness (QED) is 0.478. The molecule has 4 aromatic rings. The van der Waals surface area contributed by atoms with Gasteiger partial charge in [0.1, 0.15) is 11.6 Å². The lowest BCUT2D eigenvalue weighted by atomic mass is 10.1. The van der Waals surface area contributed by atoms with Crippen molar-refractivity contribution in [3.8, 4) is 10.7 Å². The fourth-order valence-corrected chi connectivity index (χ4v) is 4.48. The summed E-state index contributed by atoms with van der Waals surface area (Å²) in [6, 6.07) is 10.5. The van der Waals surface area contributed by atoms with Crippen LogP contribution in [0.1, 0.15) is 20.2 Å². The fourth-order valence-electron chi connectivity index (χ4n) is 3.04. The van der Waals surface area contributed by atoms with E-state index in [4.69, 9.17) is 0 Å². The Morgan fingerprint density at radius 3 is 2.76 bits per heavy atom. The van der Waals surface area contributed by atoms with Crippen LogP contribution < -0.4 is 5.32 Å². The van der Waals surface area contributed by atoms with E-state index in [0.29, 0.717) is 26.1 Å². The van der Waals surface area contributed by atoms with E-state index in [1.807, 2.05) is 13.0 Å². The number of thiophene rings is 1. The third-order valence-corrected chi connectivity index (χ3v) is 6.15. The maximum absolute atomic E-state index is 13.2. The number of amides is 1. The lowest BCUT2D eigenvalue weighted by Gasteiger charge is -2.12. The molecular weight excluding hydrogens is 421 g/mol. The molecule has 1 aromatic carbocycles. The largest absolute Gasteiger partial charge is 0.406 e. The van der Waals surface area contributed by atoms with Gasteiger partial charge >= 0.3 is 6.18 Å². The van der Waals surface area contributed by atoms with Gasteiger partial charge in [-0.25, -0.2) is 0 Å². The van der Waals surface area contributed by atoms with E-state index < -0.39 is 12.7 Å². The molecule has 1 amide bonds. The number of rotatable bonds is 5. The maximum atomic E-state index is 13.2. The standard InChI is InChI=1S/C19H15F3N4OS2/c1-11-4-2-5-13-12(11)8-14(26(13)10-19(20,21)22)18-25-24-16(29-18)9-23-17(27)15-6-3-7-28-15/h2-8H,9-10H2,1H3,(H,23,27). The van der Waals surface area contributed by atoms with Crippen molar-refractivity contribution in [1.29, 1.82) is 0 Å². The molecule has 0 saturated heterocycles. The Bertz CT molecular complexity index is 1160. The highest BCUT2D eigenvalue weighted by Gasteiger charge is 2.30. The zero-order valence-electron chi connectivity index (χ0n) is 15.2. The molecule has 0 unspecified atom stereocenters. The van der Waals surface area contributed by atoms with Crippen molar-refractivity contribution in [3.05, 3.63) is 57.2 Å². The first-order chi connectivity index (χ1) is 13.8. The van der Waals surface area contributed by atoms with E-state index in [9.17, 15) is 18.0 Å². The Labute approximate surface area is 171 Å². The number of nitrogens with zero attached hydrogens (tertiary/aromatic N) is 3. The van der Waals surface area contributed by atoms with Crippen molar-refractivity contribution in [2.24, 2.45) is 0 Å². The summed E-state index contributed by atoms with van der Waals surface area (Å²) in [6.45, 7) is 0.905. The van der Waals surface area contributed by atoms with E-state index in [1.54, 1.807) is 35.7 Å². The van der Waals surface area contributed by atoms with Crippen molar-refractivity contribution in [2.45, 2.75) is 26.2 Å². The van der Waals surface area contributed by atoms with E-state index in [2.05, 4.69) is 15.5 Å². The molecule has 3 aromatic heterocycles. The van der Waals surface area contributed by atoms with Crippen molar-refractivity contribution in [3.63, 3.8) is 0 Å². The Hall–Kier alpha value is -2.72. The van der Waals surface area contributed by atoms with Gasteiger partial charge in [-0.2, -0.15) is 13.2 Å². The summed E-state index contributed by atoms with van der Waals surface area (Å²) in [5.41, 5.74) is 1.75. The molecule has 5 nitrogen and oxygen atoms in total. The topological polar surface area (TPSA) is 59.8 Å². The molecule has 0 aliphatic heterocycles. The van der Waals surface area contributed by atoms with Crippen molar-refractivity contribution in [2.75, 3.05) is 0 Å². The summed E-state index contributed by atoms with van der Waals surface area (Å²) < 4.78 is 40.8. The summed E-state index contributed by atoms with van der Waals surface area (Å²) in [7, 11) is 0. The van der Waals surface area contributed by atoms with Crippen LogP contribution in [0.5, 0.6) is 0 Å². The van der Waals surface area contributed by atoms with Crippen LogP contribution in [0.3, 0.4) is 0 Å². The molecule has 0 bridgehead atoms. The molecule has 0 atom stereocenters. The highest BCUT2D eigenvalue weighted by molar-refractivity contribution is 7.14. The second-order valence-corrected chi connectivity index (χ2v) is 8.41. The van der Waals surface area contributed by atoms with Crippen LogP contribution in [0.25, 0.3) is 21.6 Å². The average molecular weight is 436 g/mol. The minimum absolute atomic E-state index is 0.160. The van der Waals surface area contributed by atoms with Crippen LogP contribution in [0.15, 0.2) is 41.8 Å². The lowest BCUT2D eigenvalue weighted by molar-refractivity contribution is -0.139. The molecule has 0 fully saturated rings. The Balaban J connectivity index is 1.64. The first kappa shape index (κ1) is 19.6. The molecule has 0 aliphatic rings. The summed E-state index contributed by atoms with van der Waals surface area (Å²) >= 11 is 2.49. The molecule has 0 spiro atoms. The summed E-state index contributed by atoms with van der Waals surface area (Å²) in [4.78, 5) is 12.6. The Morgan fingerprint density at radius 1 is 1.21 bits per heavy atom. The van der Waals surface area contributed by atoms with Crippen LogP contribution in [0.2, 0.25) is 0 Å². The van der Waals surface area contributed by atoms with Gasteiger partial charge in [0.15, 0.2) is 5.01 Å².